The molecule has 0 heterocycles. The summed E-state index contributed by atoms with van der Waals surface area (Å²) in [5.74, 6) is -0.372. The molecule has 0 amide bonds. The first kappa shape index (κ1) is 16.5. The summed E-state index contributed by atoms with van der Waals surface area (Å²) in [5, 5.41) is 3.31. The number of esters is 1. The van der Waals surface area contributed by atoms with Gasteiger partial charge in [-0.25, -0.2) is 4.79 Å². The first-order chi connectivity index (χ1) is 8.99. The Hall–Kier alpha value is -0.590. The predicted octanol–water partition coefficient (Wildman–Crippen LogP) is 3.84. The number of hydrogen-bond donors (Lipinski definition) is 1. The number of hydrogen-bond acceptors (Lipinski definition) is 4. The lowest BCUT2D eigenvalue weighted by molar-refractivity contribution is 0.0601. The van der Waals surface area contributed by atoms with E-state index in [1.54, 1.807) is 13.2 Å². The Labute approximate surface area is 130 Å². The van der Waals surface area contributed by atoms with E-state index < -0.39 is 0 Å². The smallest absolute Gasteiger partial charge is 0.340 e. The molecule has 0 radical (unpaired) electrons. The summed E-state index contributed by atoms with van der Waals surface area (Å²) >= 11 is 6.83. The minimum atomic E-state index is -0.372. The molecule has 1 N–H and O–H groups in total. The predicted molar refractivity (Wildman–Crippen MR) is 82.8 cm³/mol. The fourth-order valence-corrected chi connectivity index (χ4v) is 2.94. The molecule has 0 aliphatic carbocycles. The van der Waals surface area contributed by atoms with E-state index in [0.29, 0.717) is 12.2 Å². The van der Waals surface area contributed by atoms with Gasteiger partial charge in [-0.1, -0.05) is 15.9 Å². The molecule has 0 fully saturated rings. The summed E-state index contributed by atoms with van der Waals surface area (Å²) in [7, 11) is 3.04. The van der Waals surface area contributed by atoms with Crippen LogP contribution in [-0.2, 0) is 9.47 Å². The number of nitrogens with one attached hydrogen (secondary N) is 1. The molecule has 0 aliphatic heterocycles. The van der Waals surface area contributed by atoms with Crippen LogP contribution in [0.15, 0.2) is 21.1 Å². The fourth-order valence-electron chi connectivity index (χ4n) is 1.60. The highest BCUT2D eigenvalue weighted by Crippen LogP contribution is 2.32. The zero-order chi connectivity index (χ0) is 14.4. The molecule has 0 aromatic heterocycles. The molecule has 6 heteroatoms. The molecule has 1 aromatic carbocycles. The third kappa shape index (κ3) is 4.78. The van der Waals surface area contributed by atoms with Crippen molar-refractivity contribution in [3.05, 3.63) is 26.6 Å². The average molecular weight is 395 g/mol. The van der Waals surface area contributed by atoms with Gasteiger partial charge in [0, 0.05) is 28.7 Å². The number of carbonyl (C=O) groups excluding carboxylic acids is 1. The number of rotatable bonds is 6. The average Bonchev–Trinajstić information content (AvgIpc) is 2.38. The Morgan fingerprint density at radius 1 is 1.37 bits per heavy atom. The minimum absolute atomic E-state index is 0.181. The van der Waals surface area contributed by atoms with Gasteiger partial charge in [-0.15, -0.1) is 0 Å². The summed E-state index contributed by atoms with van der Waals surface area (Å²) in [4.78, 5) is 11.8. The molecule has 1 rings (SSSR count). The van der Waals surface area contributed by atoms with Gasteiger partial charge in [-0.2, -0.15) is 0 Å². The van der Waals surface area contributed by atoms with Crippen molar-refractivity contribution in [1.82, 2.24) is 0 Å². The molecule has 0 saturated carbocycles. The highest BCUT2D eigenvalue weighted by Gasteiger charge is 2.17. The van der Waals surface area contributed by atoms with Crippen molar-refractivity contribution in [2.45, 2.75) is 19.4 Å². The molecule has 0 bridgehead atoms. The van der Waals surface area contributed by atoms with Crippen molar-refractivity contribution in [3.8, 4) is 0 Å². The molecular weight excluding hydrogens is 378 g/mol. The Morgan fingerprint density at radius 3 is 2.63 bits per heavy atom. The lowest BCUT2D eigenvalue weighted by atomic mass is 10.1. The van der Waals surface area contributed by atoms with Gasteiger partial charge in [0.1, 0.15) is 0 Å². The van der Waals surface area contributed by atoms with E-state index in [0.717, 1.165) is 21.1 Å². The molecule has 0 spiro atoms. The number of carbonyl (C=O) groups is 1. The van der Waals surface area contributed by atoms with Crippen LogP contribution in [0.5, 0.6) is 0 Å². The summed E-state index contributed by atoms with van der Waals surface area (Å²) in [5.41, 5.74) is 1.23. The lowest BCUT2D eigenvalue weighted by Crippen LogP contribution is -2.20. The molecule has 19 heavy (non-hydrogen) atoms. The summed E-state index contributed by atoms with van der Waals surface area (Å²) < 4.78 is 11.5. The van der Waals surface area contributed by atoms with Crippen molar-refractivity contribution in [3.63, 3.8) is 0 Å². The van der Waals surface area contributed by atoms with Gasteiger partial charge >= 0.3 is 5.97 Å². The maximum absolute atomic E-state index is 11.8. The molecule has 1 aromatic rings. The summed E-state index contributed by atoms with van der Waals surface area (Å²) in [6, 6.07) is 3.81. The normalized spacial score (nSPS) is 12.1. The van der Waals surface area contributed by atoms with E-state index >= 15 is 0 Å². The second kappa shape index (κ2) is 7.87. The maximum atomic E-state index is 11.8. The molecule has 0 aliphatic rings. The molecule has 1 atom stereocenters. The van der Waals surface area contributed by atoms with Gasteiger partial charge in [0.2, 0.25) is 0 Å². The van der Waals surface area contributed by atoms with Gasteiger partial charge in [-0.3, -0.25) is 0 Å². The number of anilines is 1. The van der Waals surface area contributed by atoms with Crippen molar-refractivity contribution in [2.75, 3.05) is 26.1 Å². The third-order valence-electron chi connectivity index (χ3n) is 2.61. The zero-order valence-corrected chi connectivity index (χ0v) is 14.3. The number of halogens is 2. The van der Waals surface area contributed by atoms with E-state index in [4.69, 9.17) is 9.47 Å². The Balaban J connectivity index is 3.00. The van der Waals surface area contributed by atoms with Crippen molar-refractivity contribution in [1.29, 1.82) is 0 Å². The Kier molecular flexibility index (Phi) is 6.82. The molecule has 1 unspecified atom stereocenters. The molecule has 4 nitrogen and oxygen atoms in total. The summed E-state index contributed by atoms with van der Waals surface area (Å²) in [6.45, 7) is 2.70. The Morgan fingerprint density at radius 2 is 2.05 bits per heavy atom. The number of ether oxygens (including phenoxy) is 2. The van der Waals surface area contributed by atoms with E-state index in [9.17, 15) is 4.79 Å². The van der Waals surface area contributed by atoms with Gasteiger partial charge in [0.25, 0.3) is 0 Å². The minimum Gasteiger partial charge on any atom is -0.465 e. The summed E-state index contributed by atoms with van der Waals surface area (Å²) in [6.07, 6.45) is 0.847. The van der Waals surface area contributed by atoms with E-state index in [2.05, 4.69) is 37.2 Å². The monoisotopic (exact) mass is 393 g/mol. The van der Waals surface area contributed by atoms with Crippen molar-refractivity contribution >= 4 is 43.5 Å². The quantitative estimate of drug-likeness (QED) is 0.744. The van der Waals surface area contributed by atoms with Crippen LogP contribution in [0.1, 0.15) is 23.7 Å². The van der Waals surface area contributed by atoms with Crippen LogP contribution in [0.4, 0.5) is 5.69 Å². The Bertz CT molecular complexity index is 452. The third-order valence-corrected chi connectivity index (χ3v) is 3.69. The van der Waals surface area contributed by atoms with Gasteiger partial charge < -0.3 is 14.8 Å². The van der Waals surface area contributed by atoms with Crippen molar-refractivity contribution in [2.24, 2.45) is 0 Å². The van der Waals surface area contributed by atoms with E-state index in [1.165, 1.54) is 7.11 Å². The van der Waals surface area contributed by atoms with Gasteiger partial charge in [-0.05, 0) is 41.4 Å². The van der Waals surface area contributed by atoms with Crippen LogP contribution in [0, 0.1) is 0 Å². The van der Waals surface area contributed by atoms with Crippen LogP contribution in [0.3, 0.4) is 0 Å². The van der Waals surface area contributed by atoms with Gasteiger partial charge in [0.15, 0.2) is 0 Å². The highest BCUT2D eigenvalue weighted by molar-refractivity contribution is 9.11. The van der Waals surface area contributed by atoms with Crippen molar-refractivity contribution < 1.29 is 14.3 Å². The standard InChI is InChI=1S/C13H17Br2NO3/c1-8(4-5-18-2)16-12-10(13(17)19-3)6-9(14)7-11(12)15/h6-8,16H,4-5H2,1-3H3. The van der Waals surface area contributed by atoms with Gasteiger partial charge in [0.05, 0.1) is 18.4 Å². The van der Waals surface area contributed by atoms with E-state index in [1.807, 2.05) is 13.0 Å². The van der Waals surface area contributed by atoms with Crippen LogP contribution in [0.2, 0.25) is 0 Å². The van der Waals surface area contributed by atoms with Crippen LogP contribution in [-0.4, -0.2) is 32.8 Å². The van der Waals surface area contributed by atoms with E-state index in [-0.39, 0.29) is 12.0 Å². The highest BCUT2D eigenvalue weighted by atomic mass is 79.9. The molecule has 106 valence electrons. The maximum Gasteiger partial charge on any atom is 0.340 e. The SMILES string of the molecule is COCCC(C)Nc1c(Br)cc(Br)cc1C(=O)OC. The van der Waals surface area contributed by atoms with Crippen LogP contribution < -0.4 is 5.32 Å². The number of methoxy groups -OCH3 is 2. The topological polar surface area (TPSA) is 47.6 Å². The molecular formula is C13H17Br2NO3. The zero-order valence-electron chi connectivity index (χ0n) is 11.1. The molecule has 0 saturated heterocycles. The van der Waals surface area contributed by atoms with Crippen LogP contribution >= 0.6 is 31.9 Å². The van der Waals surface area contributed by atoms with Crippen LogP contribution in [0.25, 0.3) is 0 Å². The second-order valence-corrected chi connectivity index (χ2v) is 5.90. The first-order valence-electron chi connectivity index (χ1n) is 5.82. The fraction of sp³-hybridized carbons (Fsp3) is 0.462. The number of benzene rings is 1. The lowest BCUT2D eigenvalue weighted by Gasteiger charge is -2.19. The second-order valence-electron chi connectivity index (χ2n) is 4.13. The first-order valence-corrected chi connectivity index (χ1v) is 7.41. The largest absolute Gasteiger partial charge is 0.465 e.